The summed E-state index contributed by atoms with van der Waals surface area (Å²) in [5.41, 5.74) is 6.03. The minimum atomic E-state index is -4.49. The first-order valence-electron chi connectivity index (χ1n) is 11.0. The molecule has 0 bridgehead atoms. The Morgan fingerprint density at radius 2 is 1.55 bits per heavy atom. The van der Waals surface area contributed by atoms with E-state index in [2.05, 4.69) is 21.2 Å². The van der Waals surface area contributed by atoms with Crippen LogP contribution in [0.1, 0.15) is 33.5 Å². The average Bonchev–Trinajstić information content (AvgIpc) is 2.88. The molecule has 3 rings (SSSR count). The minimum absolute atomic E-state index is 0.0315. The number of hydrogen-bond donors (Lipinski definition) is 3. The van der Waals surface area contributed by atoms with Crippen molar-refractivity contribution in [3.63, 3.8) is 0 Å². The lowest BCUT2D eigenvalue weighted by atomic mass is 10.1. The zero-order valence-corrected chi connectivity index (χ0v) is 22.3. The molecule has 0 atom stereocenters. The van der Waals surface area contributed by atoms with Gasteiger partial charge < -0.3 is 16.2 Å². The Hall–Kier alpha value is -3.57. The molecule has 4 N–H and O–H groups in total. The van der Waals surface area contributed by atoms with Crippen molar-refractivity contribution in [3.8, 4) is 0 Å². The van der Waals surface area contributed by atoms with Gasteiger partial charge in [0.25, 0.3) is 11.8 Å². The Labute approximate surface area is 230 Å². The Balaban J connectivity index is 0.000000328. The number of nitrogens with one attached hydrogen (secondary N) is 1. The van der Waals surface area contributed by atoms with Gasteiger partial charge in [-0.3, -0.25) is 14.4 Å². The number of nitrogens with two attached hydrogens (primary N) is 1. The van der Waals surface area contributed by atoms with Crippen LogP contribution in [0.25, 0.3) is 6.08 Å². The molecule has 2 amide bonds. The number of halogens is 4. The van der Waals surface area contributed by atoms with Crippen molar-refractivity contribution in [2.75, 3.05) is 5.75 Å². The van der Waals surface area contributed by atoms with Crippen molar-refractivity contribution >= 4 is 51.6 Å². The number of alkyl halides is 3. The van der Waals surface area contributed by atoms with Crippen molar-refractivity contribution in [3.05, 3.63) is 111 Å². The summed E-state index contributed by atoms with van der Waals surface area (Å²) in [6.07, 6.45) is -2.87. The molecule has 38 heavy (non-hydrogen) atoms. The lowest BCUT2D eigenvalue weighted by Gasteiger charge is -2.09. The van der Waals surface area contributed by atoms with Gasteiger partial charge in [0.15, 0.2) is 0 Å². The number of carbonyl (C=O) groups excluding carboxylic acids is 2. The Morgan fingerprint density at radius 1 is 0.947 bits per heavy atom. The first-order chi connectivity index (χ1) is 18.0. The number of primary amides is 1. The monoisotopic (exact) mass is 608 g/mol. The van der Waals surface area contributed by atoms with Crippen molar-refractivity contribution in [1.29, 1.82) is 0 Å². The summed E-state index contributed by atoms with van der Waals surface area (Å²) in [5.74, 6) is -0.752. The summed E-state index contributed by atoms with van der Waals surface area (Å²) in [5, 5.41) is 10.7. The largest absolute Gasteiger partial charge is 0.481 e. The average molecular weight is 609 g/mol. The van der Waals surface area contributed by atoms with E-state index < -0.39 is 29.5 Å². The number of amides is 2. The van der Waals surface area contributed by atoms with Gasteiger partial charge in [0.05, 0.1) is 12.0 Å². The number of hydrogen-bond acceptors (Lipinski definition) is 4. The fourth-order valence-corrected chi connectivity index (χ4v) is 3.98. The van der Waals surface area contributed by atoms with E-state index in [1.165, 1.54) is 11.6 Å². The van der Waals surface area contributed by atoms with E-state index in [1.54, 1.807) is 36.0 Å². The van der Waals surface area contributed by atoms with Gasteiger partial charge >= 0.3 is 12.1 Å². The predicted molar refractivity (Wildman–Crippen MR) is 145 cm³/mol. The summed E-state index contributed by atoms with van der Waals surface area (Å²) in [6.45, 7) is 0. The van der Waals surface area contributed by atoms with Gasteiger partial charge in [-0.25, -0.2) is 0 Å². The van der Waals surface area contributed by atoms with Gasteiger partial charge in [0, 0.05) is 21.5 Å². The van der Waals surface area contributed by atoms with Gasteiger partial charge in [-0.05, 0) is 53.6 Å². The van der Waals surface area contributed by atoms with Gasteiger partial charge in [-0.1, -0.05) is 58.4 Å². The van der Waals surface area contributed by atoms with E-state index in [-0.39, 0.29) is 17.7 Å². The van der Waals surface area contributed by atoms with Crippen LogP contribution in [0.15, 0.2) is 89.0 Å². The number of aliphatic carboxylic acids is 1. The Kier molecular flexibility index (Phi) is 12.1. The fourth-order valence-electron chi connectivity index (χ4n) is 2.82. The van der Waals surface area contributed by atoms with Gasteiger partial charge in [-0.15, -0.1) is 0 Å². The number of carboxylic acid groups (broad SMARTS) is 1. The molecule has 0 aliphatic rings. The molecule has 3 aromatic rings. The smallest absolute Gasteiger partial charge is 0.416 e. The standard InChI is InChI=1S/C17H12BrF3N2O2.C10H12O2S/c18-13-7-1-10(2-8-13)9-14(15(22)24)23-16(25)11-3-5-12(6-4-11)17(19,20)21;11-10(12)6-7-13-8-9-4-2-1-3-5-9/h1-9H,(H2,22,24)(H,23,25);1-5H,6-8H2,(H,11,12)/b14-9+;. The number of carbonyl (C=O) groups is 3. The highest BCUT2D eigenvalue weighted by Crippen LogP contribution is 2.29. The highest BCUT2D eigenvalue weighted by Gasteiger charge is 2.30. The first kappa shape index (κ1) is 30.7. The van der Waals surface area contributed by atoms with Crippen LogP contribution in [0.5, 0.6) is 0 Å². The van der Waals surface area contributed by atoms with Gasteiger partial charge in [-0.2, -0.15) is 24.9 Å². The Morgan fingerprint density at radius 3 is 2.08 bits per heavy atom. The van der Waals surface area contributed by atoms with Crippen LogP contribution in [-0.2, 0) is 21.5 Å². The van der Waals surface area contributed by atoms with Gasteiger partial charge in [0.1, 0.15) is 5.70 Å². The van der Waals surface area contributed by atoms with Crippen molar-refractivity contribution in [2.45, 2.75) is 18.3 Å². The second-order valence-electron chi connectivity index (χ2n) is 7.68. The number of carboxylic acids is 1. The maximum absolute atomic E-state index is 12.5. The van der Waals surface area contributed by atoms with Crippen LogP contribution in [-0.4, -0.2) is 28.6 Å². The molecule has 0 aromatic heterocycles. The summed E-state index contributed by atoms with van der Waals surface area (Å²) in [6, 6.07) is 20.5. The third kappa shape index (κ3) is 11.2. The van der Waals surface area contributed by atoms with E-state index in [0.29, 0.717) is 11.3 Å². The lowest BCUT2D eigenvalue weighted by molar-refractivity contribution is -0.138. The molecular weight excluding hydrogens is 585 g/mol. The molecule has 0 aliphatic heterocycles. The minimum Gasteiger partial charge on any atom is -0.481 e. The Bertz CT molecular complexity index is 1250. The van der Waals surface area contributed by atoms with E-state index in [1.807, 2.05) is 30.3 Å². The summed E-state index contributed by atoms with van der Waals surface area (Å²) in [4.78, 5) is 33.8. The maximum Gasteiger partial charge on any atom is 0.416 e. The van der Waals surface area contributed by atoms with E-state index in [0.717, 1.165) is 34.5 Å². The second-order valence-corrected chi connectivity index (χ2v) is 9.71. The molecule has 6 nitrogen and oxygen atoms in total. The summed E-state index contributed by atoms with van der Waals surface area (Å²) < 4.78 is 38.4. The molecule has 0 saturated carbocycles. The first-order valence-corrected chi connectivity index (χ1v) is 13.0. The molecule has 0 aliphatic carbocycles. The topological polar surface area (TPSA) is 109 Å². The van der Waals surface area contributed by atoms with E-state index in [9.17, 15) is 27.6 Å². The quantitative estimate of drug-likeness (QED) is 0.200. The maximum atomic E-state index is 12.5. The number of rotatable bonds is 9. The van der Waals surface area contributed by atoms with Crippen LogP contribution < -0.4 is 11.1 Å². The van der Waals surface area contributed by atoms with Crippen molar-refractivity contribution < 1.29 is 32.7 Å². The van der Waals surface area contributed by atoms with Crippen LogP contribution in [0.3, 0.4) is 0 Å². The predicted octanol–water partition coefficient (Wildman–Crippen LogP) is 6.12. The molecule has 0 unspecified atom stereocenters. The zero-order valence-electron chi connectivity index (χ0n) is 19.9. The molecule has 11 heteroatoms. The van der Waals surface area contributed by atoms with Crippen molar-refractivity contribution in [1.82, 2.24) is 5.32 Å². The van der Waals surface area contributed by atoms with E-state index >= 15 is 0 Å². The van der Waals surface area contributed by atoms with Crippen LogP contribution in [0, 0.1) is 0 Å². The van der Waals surface area contributed by atoms with Crippen LogP contribution in [0.4, 0.5) is 13.2 Å². The molecule has 0 radical (unpaired) electrons. The zero-order chi connectivity index (χ0) is 28.1. The fraction of sp³-hybridized carbons (Fsp3) is 0.148. The molecule has 0 saturated heterocycles. The van der Waals surface area contributed by atoms with Crippen molar-refractivity contribution in [2.24, 2.45) is 5.73 Å². The number of benzene rings is 3. The summed E-state index contributed by atoms with van der Waals surface area (Å²) in [7, 11) is 0. The van der Waals surface area contributed by atoms with Crippen LogP contribution in [0.2, 0.25) is 0 Å². The van der Waals surface area contributed by atoms with Crippen LogP contribution >= 0.6 is 27.7 Å². The lowest BCUT2D eigenvalue weighted by Crippen LogP contribution is -2.31. The SMILES string of the molecule is NC(=O)/C(=C\c1ccc(Br)cc1)NC(=O)c1ccc(C(F)(F)F)cc1.O=C(O)CCSCc1ccccc1. The third-order valence-corrected chi connectivity index (χ3v) is 6.30. The molecular formula is C27H24BrF3N2O4S. The molecule has 3 aromatic carbocycles. The highest BCUT2D eigenvalue weighted by atomic mass is 79.9. The van der Waals surface area contributed by atoms with Gasteiger partial charge in [0.2, 0.25) is 0 Å². The molecule has 0 fully saturated rings. The second kappa shape index (κ2) is 15.0. The summed E-state index contributed by atoms with van der Waals surface area (Å²) >= 11 is 4.92. The molecule has 200 valence electrons. The van der Waals surface area contributed by atoms with E-state index in [4.69, 9.17) is 10.8 Å². The third-order valence-electron chi connectivity index (χ3n) is 4.74. The number of thioether (sulfide) groups is 1. The highest BCUT2D eigenvalue weighted by molar-refractivity contribution is 9.10. The molecule has 0 spiro atoms. The normalized spacial score (nSPS) is 11.2. The molecule has 0 heterocycles.